The molecule has 1 atom stereocenters. The predicted molar refractivity (Wildman–Crippen MR) is 126 cm³/mol. The van der Waals surface area contributed by atoms with Gasteiger partial charge in [0.25, 0.3) is 5.91 Å². The minimum Gasteiger partial charge on any atom is -0.495 e. The normalized spacial score (nSPS) is 14.9. The molecule has 0 radical (unpaired) electrons. The maximum Gasteiger partial charge on any atom is 0.255 e. The van der Waals surface area contributed by atoms with Gasteiger partial charge in [0.05, 0.1) is 18.4 Å². The molecule has 0 saturated heterocycles. The summed E-state index contributed by atoms with van der Waals surface area (Å²) >= 11 is 0. The first-order valence-corrected chi connectivity index (χ1v) is 10.6. The Morgan fingerprint density at radius 3 is 2.65 bits per heavy atom. The van der Waals surface area contributed by atoms with Crippen LogP contribution in [-0.4, -0.2) is 32.8 Å². The molecule has 5 rings (SSSR count). The van der Waals surface area contributed by atoms with Gasteiger partial charge < -0.3 is 15.4 Å². The van der Waals surface area contributed by atoms with E-state index >= 15 is 0 Å². The molecule has 0 unspecified atom stereocenters. The first kappa shape index (κ1) is 21.3. The van der Waals surface area contributed by atoms with Crippen molar-refractivity contribution < 1.29 is 13.9 Å². The maximum absolute atomic E-state index is 13.7. The first-order valence-electron chi connectivity index (χ1n) is 10.6. The van der Waals surface area contributed by atoms with E-state index in [0.29, 0.717) is 40.0 Å². The van der Waals surface area contributed by atoms with Crippen LogP contribution in [-0.2, 0) is 4.79 Å². The highest BCUT2D eigenvalue weighted by Gasteiger charge is 2.34. The van der Waals surface area contributed by atoms with E-state index in [2.05, 4.69) is 25.7 Å². The zero-order valence-electron chi connectivity index (χ0n) is 18.5. The zero-order chi connectivity index (χ0) is 23.7. The number of hydrogen-bond donors (Lipinski definition) is 2. The van der Waals surface area contributed by atoms with Gasteiger partial charge in [-0.15, -0.1) is 5.10 Å². The third kappa shape index (κ3) is 3.88. The topological polar surface area (TPSA) is 94.0 Å². The highest BCUT2D eigenvalue weighted by Crippen LogP contribution is 2.37. The molecule has 8 nitrogen and oxygen atoms in total. The van der Waals surface area contributed by atoms with Crippen molar-refractivity contribution in [1.82, 2.24) is 19.7 Å². The number of pyridine rings is 1. The van der Waals surface area contributed by atoms with E-state index in [1.165, 1.54) is 12.1 Å². The molecule has 2 aromatic carbocycles. The molecule has 0 aliphatic carbocycles. The Labute approximate surface area is 195 Å². The summed E-state index contributed by atoms with van der Waals surface area (Å²) < 4.78 is 20.7. The number of benzene rings is 2. The van der Waals surface area contributed by atoms with Crippen molar-refractivity contribution >= 4 is 17.5 Å². The Kier molecular flexibility index (Phi) is 5.51. The largest absolute Gasteiger partial charge is 0.495 e. The van der Waals surface area contributed by atoms with E-state index in [0.717, 1.165) is 5.56 Å². The van der Waals surface area contributed by atoms with Crippen molar-refractivity contribution in [1.29, 1.82) is 0 Å². The number of nitrogens with one attached hydrogen (secondary N) is 2. The van der Waals surface area contributed by atoms with E-state index in [4.69, 9.17) is 4.74 Å². The van der Waals surface area contributed by atoms with Crippen LogP contribution in [0.25, 0.3) is 11.4 Å². The standard InChI is InChI=1S/C25H21FN6O2/c1-15-21(24(33)29-19-7-3-4-8-20(19)34-2)22(16-9-11-18(26)12-10-16)32-25(28-15)30-23(31-32)17-6-5-13-27-14-17/h3-14,22H,1-2H3,(H,29,33)(H,28,30,31)/t22-/m1/s1. The number of carbonyl (C=O) groups is 1. The van der Waals surface area contributed by atoms with Crippen molar-refractivity contribution in [3.8, 4) is 17.1 Å². The maximum atomic E-state index is 13.7. The fourth-order valence-corrected chi connectivity index (χ4v) is 3.95. The number of fused-ring (bicyclic) bond motifs is 1. The summed E-state index contributed by atoms with van der Waals surface area (Å²) in [7, 11) is 1.54. The smallest absolute Gasteiger partial charge is 0.255 e. The average molecular weight is 456 g/mol. The van der Waals surface area contributed by atoms with Gasteiger partial charge in [0.15, 0.2) is 5.82 Å². The molecule has 0 saturated carbocycles. The number of aromatic nitrogens is 4. The molecule has 9 heteroatoms. The van der Waals surface area contributed by atoms with E-state index in [1.54, 1.807) is 61.4 Å². The summed E-state index contributed by atoms with van der Waals surface area (Å²) in [6.07, 6.45) is 3.34. The zero-order valence-corrected chi connectivity index (χ0v) is 18.5. The quantitative estimate of drug-likeness (QED) is 0.462. The lowest BCUT2D eigenvalue weighted by Crippen LogP contribution is -2.31. The van der Waals surface area contributed by atoms with E-state index in [1.807, 2.05) is 18.2 Å². The lowest BCUT2D eigenvalue weighted by Gasteiger charge is -2.28. The number of hydrogen-bond acceptors (Lipinski definition) is 6. The predicted octanol–water partition coefficient (Wildman–Crippen LogP) is 4.42. The fourth-order valence-electron chi connectivity index (χ4n) is 3.95. The summed E-state index contributed by atoms with van der Waals surface area (Å²) in [4.78, 5) is 22.3. The summed E-state index contributed by atoms with van der Waals surface area (Å²) in [6.45, 7) is 1.80. The Morgan fingerprint density at radius 2 is 1.91 bits per heavy atom. The second-order valence-corrected chi connectivity index (χ2v) is 7.72. The third-order valence-corrected chi connectivity index (χ3v) is 5.56. The van der Waals surface area contributed by atoms with Gasteiger partial charge in [-0.2, -0.15) is 4.98 Å². The highest BCUT2D eigenvalue weighted by molar-refractivity contribution is 6.06. The van der Waals surface area contributed by atoms with Crippen LogP contribution < -0.4 is 15.4 Å². The lowest BCUT2D eigenvalue weighted by molar-refractivity contribution is -0.113. The van der Waals surface area contributed by atoms with E-state index < -0.39 is 6.04 Å². The Hall–Kier alpha value is -4.53. The molecule has 1 aliphatic heterocycles. The molecule has 34 heavy (non-hydrogen) atoms. The number of methoxy groups -OCH3 is 1. The van der Waals surface area contributed by atoms with Gasteiger partial charge in [-0.1, -0.05) is 24.3 Å². The summed E-state index contributed by atoms with van der Waals surface area (Å²) in [6, 6.07) is 16.2. The van der Waals surface area contributed by atoms with Crippen LogP contribution in [0.5, 0.6) is 5.75 Å². The minimum atomic E-state index is -0.635. The molecule has 0 bridgehead atoms. The number of ether oxygens (including phenoxy) is 1. The van der Waals surface area contributed by atoms with Crippen molar-refractivity contribution in [2.75, 3.05) is 17.7 Å². The number of anilines is 2. The summed E-state index contributed by atoms with van der Waals surface area (Å²) in [5.74, 6) is 0.763. The van der Waals surface area contributed by atoms with E-state index in [-0.39, 0.29) is 11.7 Å². The second kappa shape index (κ2) is 8.78. The monoisotopic (exact) mass is 456 g/mol. The molecule has 170 valence electrons. The molecule has 3 heterocycles. The van der Waals surface area contributed by atoms with Gasteiger partial charge in [0, 0.05) is 23.7 Å². The fraction of sp³-hybridized carbons (Fsp3) is 0.120. The molecule has 1 aliphatic rings. The highest BCUT2D eigenvalue weighted by atomic mass is 19.1. The molecule has 2 aromatic heterocycles. The number of amides is 1. The lowest BCUT2D eigenvalue weighted by atomic mass is 9.95. The van der Waals surface area contributed by atoms with E-state index in [9.17, 15) is 9.18 Å². The van der Waals surface area contributed by atoms with Crippen molar-refractivity contribution in [2.45, 2.75) is 13.0 Å². The van der Waals surface area contributed by atoms with Crippen molar-refractivity contribution in [2.24, 2.45) is 0 Å². The minimum absolute atomic E-state index is 0.340. The van der Waals surface area contributed by atoms with Crippen LogP contribution in [0.2, 0.25) is 0 Å². The van der Waals surface area contributed by atoms with Crippen LogP contribution in [0.4, 0.5) is 16.0 Å². The molecular weight excluding hydrogens is 435 g/mol. The number of para-hydroxylation sites is 2. The second-order valence-electron chi connectivity index (χ2n) is 7.72. The van der Waals surface area contributed by atoms with Crippen LogP contribution in [0.3, 0.4) is 0 Å². The molecule has 0 fully saturated rings. The molecule has 4 aromatic rings. The van der Waals surface area contributed by atoms with Crippen LogP contribution >= 0.6 is 0 Å². The van der Waals surface area contributed by atoms with Gasteiger partial charge in [-0.3, -0.25) is 9.78 Å². The van der Waals surface area contributed by atoms with Crippen molar-refractivity contribution in [3.05, 3.63) is 95.7 Å². The van der Waals surface area contributed by atoms with Gasteiger partial charge in [-0.05, 0) is 48.9 Å². The van der Waals surface area contributed by atoms with Crippen molar-refractivity contribution in [3.63, 3.8) is 0 Å². The van der Waals surface area contributed by atoms with Crippen LogP contribution in [0.1, 0.15) is 18.5 Å². The van der Waals surface area contributed by atoms with Gasteiger partial charge in [0.1, 0.15) is 17.6 Å². The molecule has 0 spiro atoms. The molecule has 2 N–H and O–H groups in total. The van der Waals surface area contributed by atoms with Gasteiger partial charge >= 0.3 is 0 Å². The van der Waals surface area contributed by atoms with Crippen LogP contribution in [0, 0.1) is 5.82 Å². The Balaban J connectivity index is 1.60. The Morgan fingerprint density at radius 1 is 1.12 bits per heavy atom. The third-order valence-electron chi connectivity index (χ3n) is 5.56. The summed E-state index contributed by atoms with van der Waals surface area (Å²) in [5.41, 5.74) is 3.00. The number of halogens is 1. The first-order chi connectivity index (χ1) is 16.5. The number of nitrogens with zero attached hydrogens (tertiary/aromatic N) is 4. The molecule has 1 amide bonds. The van der Waals surface area contributed by atoms with Gasteiger partial charge in [-0.25, -0.2) is 9.07 Å². The summed E-state index contributed by atoms with van der Waals surface area (Å²) in [5, 5.41) is 10.8. The average Bonchev–Trinajstić information content (AvgIpc) is 3.28. The van der Waals surface area contributed by atoms with Crippen LogP contribution in [0.15, 0.2) is 84.3 Å². The molecular formula is C25H21FN6O2. The SMILES string of the molecule is COc1ccccc1NC(=O)C1=C(C)Nc2nc(-c3cccnc3)nn2[C@@H]1c1ccc(F)cc1. The number of carbonyl (C=O) groups excluding carboxylic acids is 1. The number of rotatable bonds is 5. The Bertz CT molecular complexity index is 1380. The number of allylic oxidation sites excluding steroid dienone is 1. The van der Waals surface area contributed by atoms with Gasteiger partial charge in [0.2, 0.25) is 5.95 Å².